The van der Waals surface area contributed by atoms with Gasteiger partial charge in [-0.1, -0.05) is 13.8 Å². The van der Waals surface area contributed by atoms with E-state index >= 15 is 0 Å². The van der Waals surface area contributed by atoms with Crippen molar-refractivity contribution in [3.05, 3.63) is 11.9 Å². The fourth-order valence-corrected chi connectivity index (χ4v) is 1.07. The molecule has 1 unspecified atom stereocenters. The van der Waals surface area contributed by atoms with Gasteiger partial charge in [-0.2, -0.15) is 4.98 Å². The maximum Gasteiger partial charge on any atom is 0.219 e. The van der Waals surface area contributed by atoms with Gasteiger partial charge in [0.1, 0.15) is 12.4 Å². The van der Waals surface area contributed by atoms with Gasteiger partial charge >= 0.3 is 0 Å². The summed E-state index contributed by atoms with van der Waals surface area (Å²) < 4.78 is 10.6. The molecule has 0 radical (unpaired) electrons. The van der Waals surface area contributed by atoms with Gasteiger partial charge in [0, 0.05) is 13.2 Å². The summed E-state index contributed by atoms with van der Waals surface area (Å²) in [5, 5.41) is 0. The molecule has 1 aromatic rings. The molecular formula is C11H19N3O2. The first-order valence-electron chi connectivity index (χ1n) is 5.32. The Morgan fingerprint density at radius 3 is 2.56 bits per heavy atom. The molecule has 2 N–H and O–H groups in total. The smallest absolute Gasteiger partial charge is 0.219 e. The third-order valence-corrected chi connectivity index (χ3v) is 2.29. The number of ether oxygens (including phenoxy) is 2. The summed E-state index contributed by atoms with van der Waals surface area (Å²) in [4.78, 5) is 8.24. The predicted octanol–water partition coefficient (Wildman–Crippen LogP) is 1.63. The zero-order valence-electron chi connectivity index (χ0n) is 10.2. The van der Waals surface area contributed by atoms with E-state index in [0.717, 1.165) is 0 Å². The highest BCUT2D eigenvalue weighted by Gasteiger charge is 2.11. The average Bonchev–Trinajstić information content (AvgIpc) is 2.16. The number of anilines is 1. The van der Waals surface area contributed by atoms with Crippen LogP contribution in [0.4, 0.5) is 5.82 Å². The first kappa shape index (κ1) is 12.7. The van der Waals surface area contributed by atoms with Crippen molar-refractivity contribution < 1.29 is 9.47 Å². The van der Waals surface area contributed by atoms with E-state index in [2.05, 4.69) is 23.8 Å². The Morgan fingerprint density at radius 1 is 1.31 bits per heavy atom. The summed E-state index contributed by atoms with van der Waals surface area (Å²) in [7, 11) is 1.59. The van der Waals surface area contributed by atoms with Crippen LogP contribution >= 0.6 is 0 Å². The van der Waals surface area contributed by atoms with E-state index in [0.29, 0.717) is 30.0 Å². The van der Waals surface area contributed by atoms with Crippen molar-refractivity contribution >= 4 is 5.82 Å². The number of nitrogens with zero attached hydrogens (tertiary/aromatic N) is 2. The molecule has 16 heavy (non-hydrogen) atoms. The van der Waals surface area contributed by atoms with Crippen molar-refractivity contribution in [1.29, 1.82) is 0 Å². The van der Waals surface area contributed by atoms with Crippen molar-refractivity contribution in [2.45, 2.75) is 33.5 Å². The molecule has 0 bridgehead atoms. The largest absolute Gasteiger partial charge is 0.474 e. The van der Waals surface area contributed by atoms with Crippen LogP contribution in [0.25, 0.3) is 0 Å². The van der Waals surface area contributed by atoms with Crippen molar-refractivity contribution in [1.82, 2.24) is 9.97 Å². The lowest BCUT2D eigenvalue weighted by Gasteiger charge is -2.17. The SMILES string of the molecule is COCc1nc(N)cc(OC(C)C(C)C)n1. The standard InChI is InChI=1S/C11H19N3O2/c1-7(2)8(3)16-11-5-9(12)13-10(14-11)6-15-4/h5,7-8H,6H2,1-4H3,(H2,12,13,14). The average molecular weight is 225 g/mol. The molecule has 5 heteroatoms. The molecule has 0 aliphatic carbocycles. The van der Waals surface area contributed by atoms with Crippen LogP contribution in [-0.4, -0.2) is 23.2 Å². The highest BCUT2D eigenvalue weighted by molar-refractivity contribution is 5.32. The summed E-state index contributed by atoms with van der Waals surface area (Å²) >= 11 is 0. The summed E-state index contributed by atoms with van der Waals surface area (Å²) in [6.07, 6.45) is 0.0877. The molecule has 0 fully saturated rings. The molecule has 1 atom stereocenters. The van der Waals surface area contributed by atoms with Crippen LogP contribution in [0, 0.1) is 5.92 Å². The first-order valence-corrected chi connectivity index (χ1v) is 5.32. The summed E-state index contributed by atoms with van der Waals surface area (Å²) in [6, 6.07) is 1.62. The number of hydrogen-bond acceptors (Lipinski definition) is 5. The lowest BCUT2D eigenvalue weighted by atomic mass is 10.1. The van der Waals surface area contributed by atoms with Gasteiger partial charge in [-0.15, -0.1) is 0 Å². The molecule has 0 amide bonds. The van der Waals surface area contributed by atoms with E-state index in [1.165, 1.54) is 0 Å². The fraction of sp³-hybridized carbons (Fsp3) is 0.636. The van der Waals surface area contributed by atoms with Crippen molar-refractivity contribution in [2.24, 2.45) is 5.92 Å². The van der Waals surface area contributed by atoms with Gasteiger partial charge in [-0.3, -0.25) is 0 Å². The number of nitrogens with two attached hydrogens (primary N) is 1. The van der Waals surface area contributed by atoms with E-state index in [1.807, 2.05) is 6.92 Å². The monoisotopic (exact) mass is 225 g/mol. The van der Waals surface area contributed by atoms with Gasteiger partial charge in [-0.05, 0) is 12.8 Å². The molecule has 0 spiro atoms. The Kier molecular flexibility index (Phi) is 4.49. The molecular weight excluding hydrogens is 206 g/mol. The molecule has 0 aromatic carbocycles. The minimum absolute atomic E-state index is 0.0877. The van der Waals surface area contributed by atoms with Gasteiger partial charge in [0.2, 0.25) is 5.88 Å². The topological polar surface area (TPSA) is 70.3 Å². The van der Waals surface area contributed by atoms with E-state index in [9.17, 15) is 0 Å². The van der Waals surface area contributed by atoms with Crippen LogP contribution in [0.3, 0.4) is 0 Å². The van der Waals surface area contributed by atoms with Crippen LogP contribution in [-0.2, 0) is 11.3 Å². The second-order valence-corrected chi connectivity index (χ2v) is 4.05. The highest BCUT2D eigenvalue weighted by Crippen LogP contribution is 2.15. The third-order valence-electron chi connectivity index (χ3n) is 2.29. The van der Waals surface area contributed by atoms with Crippen molar-refractivity contribution in [2.75, 3.05) is 12.8 Å². The summed E-state index contributed by atoms with van der Waals surface area (Å²) in [5.41, 5.74) is 5.65. The maximum atomic E-state index is 5.66. The molecule has 1 heterocycles. The van der Waals surface area contributed by atoms with Gasteiger partial charge in [0.25, 0.3) is 0 Å². The molecule has 1 aromatic heterocycles. The Hall–Kier alpha value is -1.36. The van der Waals surface area contributed by atoms with Gasteiger partial charge in [-0.25, -0.2) is 4.98 Å². The second kappa shape index (κ2) is 5.65. The minimum Gasteiger partial charge on any atom is -0.474 e. The van der Waals surface area contributed by atoms with Crippen LogP contribution in [0.2, 0.25) is 0 Å². The molecule has 0 aliphatic rings. The maximum absolute atomic E-state index is 5.66. The zero-order chi connectivity index (χ0) is 12.1. The molecule has 0 saturated heterocycles. The van der Waals surface area contributed by atoms with Crippen LogP contribution in [0.15, 0.2) is 6.07 Å². The second-order valence-electron chi connectivity index (χ2n) is 4.05. The number of nitrogen functional groups attached to an aromatic ring is 1. The first-order chi connectivity index (χ1) is 7.52. The molecule has 1 rings (SSSR count). The van der Waals surface area contributed by atoms with Gasteiger partial charge in [0.05, 0.1) is 6.10 Å². The number of methoxy groups -OCH3 is 1. The molecule has 0 saturated carbocycles. The Bertz CT molecular complexity index is 342. The van der Waals surface area contributed by atoms with Crippen molar-refractivity contribution in [3.63, 3.8) is 0 Å². The zero-order valence-corrected chi connectivity index (χ0v) is 10.2. The van der Waals surface area contributed by atoms with E-state index in [4.69, 9.17) is 15.2 Å². The van der Waals surface area contributed by atoms with Gasteiger partial charge in [0.15, 0.2) is 5.82 Å². The van der Waals surface area contributed by atoms with Crippen LogP contribution in [0.1, 0.15) is 26.6 Å². The number of aromatic nitrogens is 2. The Balaban J connectivity index is 2.79. The number of hydrogen-bond donors (Lipinski definition) is 1. The number of rotatable bonds is 5. The lowest BCUT2D eigenvalue weighted by Crippen LogP contribution is -2.19. The van der Waals surface area contributed by atoms with Crippen LogP contribution < -0.4 is 10.5 Å². The Labute approximate surface area is 96.0 Å². The van der Waals surface area contributed by atoms with Crippen LogP contribution in [0.5, 0.6) is 5.88 Å². The third kappa shape index (κ3) is 3.66. The van der Waals surface area contributed by atoms with E-state index < -0.39 is 0 Å². The predicted molar refractivity (Wildman–Crippen MR) is 62.1 cm³/mol. The highest BCUT2D eigenvalue weighted by atomic mass is 16.5. The normalized spacial score (nSPS) is 12.8. The summed E-state index contributed by atoms with van der Waals surface area (Å²) in [6.45, 7) is 6.51. The molecule has 5 nitrogen and oxygen atoms in total. The van der Waals surface area contributed by atoms with E-state index in [-0.39, 0.29) is 6.10 Å². The fourth-order valence-electron chi connectivity index (χ4n) is 1.07. The lowest BCUT2D eigenvalue weighted by molar-refractivity contribution is 0.156. The minimum atomic E-state index is 0.0877. The summed E-state index contributed by atoms with van der Waals surface area (Å²) in [5.74, 6) is 1.85. The molecule has 90 valence electrons. The van der Waals surface area contributed by atoms with Crippen molar-refractivity contribution in [3.8, 4) is 5.88 Å². The molecule has 0 aliphatic heterocycles. The quantitative estimate of drug-likeness (QED) is 0.824. The van der Waals surface area contributed by atoms with Gasteiger partial charge < -0.3 is 15.2 Å². The Morgan fingerprint density at radius 2 is 2.00 bits per heavy atom. The van der Waals surface area contributed by atoms with E-state index in [1.54, 1.807) is 13.2 Å².